The molecule has 0 aromatic heterocycles. The molecule has 2 aromatic carbocycles. The molecule has 1 aliphatic carbocycles. The van der Waals surface area contributed by atoms with Crippen molar-refractivity contribution in [3.8, 4) is 5.75 Å². The summed E-state index contributed by atoms with van der Waals surface area (Å²) in [5, 5.41) is 10.7. The van der Waals surface area contributed by atoms with Gasteiger partial charge < -0.3 is 45.4 Å². The van der Waals surface area contributed by atoms with Crippen LogP contribution in [0.4, 0.5) is 4.79 Å². The first-order chi connectivity index (χ1) is 28.4. The number of likely N-dealkylation sites (N-methyl/N-ethyl adjacent to an activating group) is 1. The molecule has 1 unspecified atom stereocenters. The van der Waals surface area contributed by atoms with Gasteiger partial charge in [-0.2, -0.15) is 0 Å². The van der Waals surface area contributed by atoms with Crippen molar-refractivity contribution in [1.82, 2.24) is 36.0 Å². The number of amides is 7. The van der Waals surface area contributed by atoms with Gasteiger partial charge in [-0.15, -0.1) is 0 Å². The Bertz CT molecular complexity index is 1800. The number of nitrogens with one attached hydrogen (secondary N) is 4. The molecule has 2 aliphatic heterocycles. The molecule has 5 atom stereocenters. The number of fused-ring (bicyclic) bond motifs is 4. The lowest BCUT2D eigenvalue weighted by molar-refractivity contribution is -0.143. The highest BCUT2D eigenvalue weighted by atomic mass is 16.5. The summed E-state index contributed by atoms with van der Waals surface area (Å²) in [5.41, 5.74) is 1.41. The predicted octanol–water partition coefficient (Wildman–Crippen LogP) is 2.46. The minimum Gasteiger partial charge on any atom is -0.493 e. The van der Waals surface area contributed by atoms with Crippen molar-refractivity contribution in [2.75, 3.05) is 47.4 Å². The van der Waals surface area contributed by atoms with Crippen molar-refractivity contribution in [3.63, 3.8) is 0 Å². The van der Waals surface area contributed by atoms with Crippen LogP contribution in [0.3, 0.4) is 0 Å². The van der Waals surface area contributed by atoms with Gasteiger partial charge in [0.15, 0.2) is 0 Å². The zero-order valence-corrected chi connectivity index (χ0v) is 34.6. The average Bonchev–Trinajstić information content (AvgIpc) is 3.67. The molecule has 320 valence electrons. The van der Waals surface area contributed by atoms with E-state index in [4.69, 9.17) is 9.47 Å². The van der Waals surface area contributed by atoms with Crippen molar-refractivity contribution >= 4 is 41.4 Å². The molecule has 5 rings (SSSR count). The van der Waals surface area contributed by atoms with Gasteiger partial charge in [0.25, 0.3) is 5.91 Å². The molecule has 16 heteroatoms. The van der Waals surface area contributed by atoms with Gasteiger partial charge in [-0.05, 0) is 48.4 Å². The third-order valence-electron chi connectivity index (χ3n) is 11.1. The number of ether oxygens (including phenoxy) is 2. The first-order valence-corrected chi connectivity index (χ1v) is 20.7. The van der Waals surface area contributed by atoms with Gasteiger partial charge in [0.2, 0.25) is 29.4 Å². The van der Waals surface area contributed by atoms with Crippen LogP contribution in [0.2, 0.25) is 0 Å². The van der Waals surface area contributed by atoms with Gasteiger partial charge in [0.1, 0.15) is 23.9 Å². The quantitative estimate of drug-likeness (QED) is 0.233. The second-order valence-corrected chi connectivity index (χ2v) is 15.8. The largest absolute Gasteiger partial charge is 0.493 e. The minimum absolute atomic E-state index is 0.0930. The van der Waals surface area contributed by atoms with Crippen LogP contribution in [0.25, 0.3) is 0 Å². The van der Waals surface area contributed by atoms with E-state index in [0.717, 1.165) is 37.7 Å². The van der Waals surface area contributed by atoms with E-state index in [9.17, 15) is 33.6 Å². The highest BCUT2D eigenvalue weighted by Crippen LogP contribution is 2.30. The molecule has 7 amide bonds. The van der Waals surface area contributed by atoms with Crippen molar-refractivity contribution in [1.29, 1.82) is 0 Å². The van der Waals surface area contributed by atoms with Crippen molar-refractivity contribution in [3.05, 3.63) is 65.7 Å². The number of carbonyl (C=O) groups excluding carboxylic acids is 7. The van der Waals surface area contributed by atoms with Crippen LogP contribution in [0.15, 0.2) is 54.6 Å². The molecule has 0 spiro atoms. The van der Waals surface area contributed by atoms with Crippen molar-refractivity contribution < 1.29 is 43.0 Å². The molecule has 4 N–H and O–H groups in total. The fourth-order valence-corrected chi connectivity index (χ4v) is 7.89. The second-order valence-electron chi connectivity index (χ2n) is 15.8. The molecule has 4 bridgehead atoms. The Hall–Kier alpha value is -5.51. The summed E-state index contributed by atoms with van der Waals surface area (Å²) in [6.07, 6.45) is 5.06. The molecule has 1 saturated heterocycles. The molecule has 2 fully saturated rings. The maximum atomic E-state index is 14.7. The van der Waals surface area contributed by atoms with Gasteiger partial charge in [-0.1, -0.05) is 75.1 Å². The maximum Gasteiger partial charge on any atom is 0.318 e. The fraction of sp³-hybridized carbons (Fsp3) is 0.558. The maximum absolute atomic E-state index is 14.7. The van der Waals surface area contributed by atoms with Crippen LogP contribution in [0, 0.1) is 5.92 Å². The lowest BCUT2D eigenvalue weighted by atomic mass is 9.83. The Kier molecular flexibility index (Phi) is 16.2. The van der Waals surface area contributed by atoms with E-state index >= 15 is 0 Å². The van der Waals surface area contributed by atoms with Crippen LogP contribution in [0.5, 0.6) is 5.75 Å². The Labute approximate surface area is 346 Å². The van der Waals surface area contributed by atoms with Gasteiger partial charge in [0, 0.05) is 47.1 Å². The van der Waals surface area contributed by atoms with Crippen LogP contribution in [-0.2, 0) is 40.0 Å². The lowest BCUT2D eigenvalue weighted by Crippen LogP contribution is -2.59. The van der Waals surface area contributed by atoms with E-state index in [1.807, 2.05) is 24.3 Å². The van der Waals surface area contributed by atoms with Crippen molar-refractivity contribution in [2.45, 2.75) is 102 Å². The predicted molar refractivity (Wildman–Crippen MR) is 218 cm³/mol. The van der Waals surface area contributed by atoms with Gasteiger partial charge in [0.05, 0.1) is 31.9 Å². The summed E-state index contributed by atoms with van der Waals surface area (Å²) in [6, 6.07) is 11.5. The third kappa shape index (κ3) is 12.3. The van der Waals surface area contributed by atoms with Crippen LogP contribution in [0.1, 0.15) is 81.9 Å². The van der Waals surface area contributed by atoms with E-state index in [-0.39, 0.29) is 37.8 Å². The fourth-order valence-electron chi connectivity index (χ4n) is 7.89. The molecular weight excluding hydrogens is 759 g/mol. The number of hydrogen-bond acceptors (Lipinski definition) is 9. The SMILES string of the molecule is CCC[C@@H](NC(=O)C1C[C@@H]2CN1C(=O)[C@H](C1CCCCC1)NC(=O)N(C)Cc1cccc(c1)OCCCO2)C(=O)C(=O)NCC(=O)N[C@H](C(=O)N(C)C)c1ccccc1. The topological polar surface area (TPSA) is 196 Å². The Balaban J connectivity index is 1.29. The normalized spacial score (nSPS) is 21.5. The first-order valence-electron chi connectivity index (χ1n) is 20.7. The van der Waals surface area contributed by atoms with Crippen LogP contribution < -0.4 is 26.0 Å². The number of urea groups is 1. The number of rotatable bonds is 12. The monoisotopic (exact) mass is 817 g/mol. The molecule has 0 radical (unpaired) electrons. The number of benzene rings is 2. The number of nitrogens with zero attached hydrogens (tertiary/aromatic N) is 3. The van der Waals surface area contributed by atoms with E-state index < -0.39 is 72.3 Å². The summed E-state index contributed by atoms with van der Waals surface area (Å²) in [4.78, 5) is 99.4. The van der Waals surface area contributed by atoms with E-state index in [0.29, 0.717) is 37.4 Å². The second kappa shape index (κ2) is 21.5. The molecule has 3 aliphatic rings. The lowest BCUT2D eigenvalue weighted by Gasteiger charge is -2.35. The summed E-state index contributed by atoms with van der Waals surface area (Å²) >= 11 is 0. The standard InChI is InChI=1S/C43H59N7O9/c1-5-14-33(38(52)40(54)44-25-35(51)46-36(41(55)48(2)3)29-16-8-6-9-17-29)45-39(53)34-24-32-27-50(34)42(56)37(30-18-10-7-11-19-30)47-43(57)49(4)26-28-15-12-20-31(23-28)58-21-13-22-59-32/h6,8-9,12,15-17,20,23,30,32-34,36-37H,5,7,10-11,13-14,18-19,21-22,24-27H2,1-4H3,(H,44,54)(H,45,53)(H,46,51)(H,47,57)/t32-,33-,34?,36+,37+/m1/s1. The van der Waals surface area contributed by atoms with Crippen molar-refractivity contribution in [2.24, 2.45) is 5.92 Å². The van der Waals surface area contributed by atoms with Crippen LogP contribution in [-0.4, -0.2) is 128 Å². The smallest absolute Gasteiger partial charge is 0.318 e. The summed E-state index contributed by atoms with van der Waals surface area (Å²) in [5.74, 6) is -3.62. The molecule has 2 heterocycles. The van der Waals surface area contributed by atoms with E-state index in [1.54, 1.807) is 58.4 Å². The molecule has 16 nitrogen and oxygen atoms in total. The Morgan fingerprint density at radius 1 is 0.932 bits per heavy atom. The minimum atomic E-state index is -1.25. The summed E-state index contributed by atoms with van der Waals surface area (Å²) < 4.78 is 12.1. The molecule has 2 aromatic rings. The Morgan fingerprint density at radius 2 is 1.68 bits per heavy atom. The average molecular weight is 818 g/mol. The van der Waals surface area contributed by atoms with Gasteiger partial charge in [-0.25, -0.2) is 4.79 Å². The zero-order chi connectivity index (χ0) is 42.5. The molecule has 59 heavy (non-hydrogen) atoms. The first kappa shape index (κ1) is 44.6. The summed E-state index contributed by atoms with van der Waals surface area (Å²) in [6.45, 7) is 2.26. The number of hydrogen-bond donors (Lipinski definition) is 4. The molecular formula is C43H59N7O9. The molecule has 1 saturated carbocycles. The zero-order valence-electron chi connectivity index (χ0n) is 34.6. The van der Waals surface area contributed by atoms with Crippen LogP contribution >= 0.6 is 0 Å². The third-order valence-corrected chi connectivity index (χ3v) is 11.1. The number of Topliss-reactive ketones (excluding diaryl/α,β-unsaturated/α-hetero) is 1. The number of carbonyl (C=O) groups is 7. The highest BCUT2D eigenvalue weighted by molar-refractivity contribution is 6.38. The summed E-state index contributed by atoms with van der Waals surface area (Å²) in [7, 11) is 4.78. The number of ketones is 1. The van der Waals surface area contributed by atoms with E-state index in [1.165, 1.54) is 14.7 Å². The van der Waals surface area contributed by atoms with Gasteiger partial charge in [-0.3, -0.25) is 28.8 Å². The Morgan fingerprint density at radius 3 is 2.39 bits per heavy atom. The van der Waals surface area contributed by atoms with Gasteiger partial charge >= 0.3 is 6.03 Å². The van der Waals surface area contributed by atoms with E-state index in [2.05, 4.69) is 21.3 Å². The highest BCUT2D eigenvalue weighted by Gasteiger charge is 2.45.